The van der Waals surface area contributed by atoms with Crippen LogP contribution in [0.2, 0.25) is 0 Å². The van der Waals surface area contributed by atoms with Gasteiger partial charge in [0.25, 0.3) is 5.91 Å². The molecule has 8 nitrogen and oxygen atoms in total. The van der Waals surface area contributed by atoms with Crippen LogP contribution >= 0.6 is 0 Å². The van der Waals surface area contributed by atoms with Crippen molar-refractivity contribution >= 4 is 27.7 Å². The van der Waals surface area contributed by atoms with Crippen molar-refractivity contribution in [3.63, 3.8) is 0 Å². The van der Waals surface area contributed by atoms with E-state index in [0.717, 1.165) is 5.56 Å². The third-order valence-corrected chi connectivity index (χ3v) is 5.44. The first-order valence-corrected chi connectivity index (χ1v) is 10.3. The van der Waals surface area contributed by atoms with Crippen molar-refractivity contribution in [3.8, 4) is 0 Å². The lowest BCUT2D eigenvalue weighted by atomic mass is 10.1. The number of rotatable bonds is 9. The topological polar surface area (TPSA) is 119 Å². The summed E-state index contributed by atoms with van der Waals surface area (Å²) in [7, 11) is -3.95. The van der Waals surface area contributed by atoms with E-state index in [0.29, 0.717) is 5.56 Å². The molecule has 1 amide bonds. The third kappa shape index (κ3) is 6.81. The monoisotopic (exact) mass is 418 g/mol. The summed E-state index contributed by atoms with van der Waals surface area (Å²) in [6, 6.07) is 14.3. The summed E-state index contributed by atoms with van der Waals surface area (Å²) in [5.74, 6) is -1.58. The Kier molecular flexibility index (Phi) is 7.63. The minimum atomic E-state index is -3.95. The number of Topliss-reactive ketones (excluding diaryl/α,β-unsaturated/α-hetero) is 1. The number of ketones is 1. The van der Waals surface area contributed by atoms with Gasteiger partial charge in [-0.05, 0) is 31.5 Å². The molecule has 0 aromatic heterocycles. The van der Waals surface area contributed by atoms with Crippen LogP contribution in [0.5, 0.6) is 0 Å². The number of amides is 1. The van der Waals surface area contributed by atoms with Crippen LogP contribution in [-0.2, 0) is 24.3 Å². The van der Waals surface area contributed by atoms with Crippen molar-refractivity contribution in [2.45, 2.75) is 24.8 Å². The van der Waals surface area contributed by atoms with Crippen molar-refractivity contribution in [3.05, 3.63) is 65.7 Å². The van der Waals surface area contributed by atoms with Crippen LogP contribution in [0.1, 0.15) is 35.8 Å². The molecule has 0 fully saturated rings. The van der Waals surface area contributed by atoms with E-state index in [9.17, 15) is 22.8 Å². The van der Waals surface area contributed by atoms with Crippen LogP contribution in [0.3, 0.4) is 0 Å². The molecule has 2 aromatic rings. The van der Waals surface area contributed by atoms with Crippen molar-refractivity contribution in [2.24, 2.45) is 0 Å². The van der Waals surface area contributed by atoms with E-state index >= 15 is 0 Å². The zero-order chi connectivity index (χ0) is 21.4. The molecule has 2 aromatic carbocycles. The zero-order valence-electron chi connectivity index (χ0n) is 16.0. The lowest BCUT2D eigenvalue weighted by Crippen LogP contribution is -2.34. The first kappa shape index (κ1) is 22.3. The number of sulfonamides is 1. The van der Waals surface area contributed by atoms with Gasteiger partial charge < -0.3 is 10.1 Å². The maximum Gasteiger partial charge on any atom is 0.321 e. The molecule has 9 heteroatoms. The van der Waals surface area contributed by atoms with Gasteiger partial charge in [-0.15, -0.1) is 0 Å². The van der Waals surface area contributed by atoms with Crippen LogP contribution in [0.4, 0.5) is 0 Å². The van der Waals surface area contributed by atoms with E-state index in [1.807, 2.05) is 30.3 Å². The number of ether oxygens (including phenoxy) is 1. The van der Waals surface area contributed by atoms with Crippen LogP contribution in [0.25, 0.3) is 0 Å². The third-order valence-electron chi connectivity index (χ3n) is 4.02. The van der Waals surface area contributed by atoms with E-state index in [4.69, 9.17) is 4.74 Å². The minimum Gasteiger partial charge on any atom is -0.455 e. The molecule has 2 N–H and O–H groups in total. The van der Waals surface area contributed by atoms with Gasteiger partial charge >= 0.3 is 5.97 Å². The molecule has 0 saturated heterocycles. The highest BCUT2D eigenvalue weighted by molar-refractivity contribution is 7.89. The Morgan fingerprint density at radius 2 is 1.62 bits per heavy atom. The average Bonchev–Trinajstić information content (AvgIpc) is 2.71. The van der Waals surface area contributed by atoms with Crippen LogP contribution < -0.4 is 10.0 Å². The van der Waals surface area contributed by atoms with Gasteiger partial charge in [0.2, 0.25) is 10.0 Å². The fraction of sp³-hybridized carbons (Fsp3) is 0.250. The maximum absolute atomic E-state index is 12.2. The molecule has 2 rings (SSSR count). The lowest BCUT2D eigenvalue weighted by molar-refractivity contribution is -0.147. The molecule has 1 atom stereocenters. The van der Waals surface area contributed by atoms with Crippen molar-refractivity contribution in [1.82, 2.24) is 10.0 Å². The second kappa shape index (κ2) is 9.94. The van der Waals surface area contributed by atoms with Crippen molar-refractivity contribution in [1.29, 1.82) is 0 Å². The molecule has 0 radical (unpaired) electrons. The number of carbonyl (C=O) groups excluding carboxylic acids is 3. The van der Waals surface area contributed by atoms with Gasteiger partial charge in [0.1, 0.15) is 6.54 Å². The zero-order valence-corrected chi connectivity index (χ0v) is 16.9. The normalized spacial score (nSPS) is 12.1. The predicted molar refractivity (Wildman–Crippen MR) is 106 cm³/mol. The number of esters is 1. The summed E-state index contributed by atoms with van der Waals surface area (Å²) < 4.78 is 31.2. The second-order valence-electron chi connectivity index (χ2n) is 6.27. The Bertz CT molecular complexity index is 972. The van der Waals surface area contributed by atoms with Crippen molar-refractivity contribution < 1.29 is 27.5 Å². The number of hydrogen-bond acceptors (Lipinski definition) is 6. The van der Waals surface area contributed by atoms with Gasteiger partial charge in [0.05, 0.1) is 10.9 Å². The second-order valence-corrected chi connectivity index (χ2v) is 8.03. The van der Waals surface area contributed by atoms with Crippen LogP contribution in [0, 0.1) is 0 Å². The molecule has 0 aliphatic heterocycles. The highest BCUT2D eigenvalue weighted by atomic mass is 32.2. The summed E-state index contributed by atoms with van der Waals surface area (Å²) >= 11 is 0. The van der Waals surface area contributed by atoms with Gasteiger partial charge in [-0.2, -0.15) is 4.72 Å². The fourth-order valence-corrected chi connectivity index (χ4v) is 3.38. The smallest absolute Gasteiger partial charge is 0.321 e. The molecule has 0 heterocycles. The summed E-state index contributed by atoms with van der Waals surface area (Å²) in [5, 5.41) is 2.68. The van der Waals surface area contributed by atoms with E-state index < -0.39 is 35.1 Å². The van der Waals surface area contributed by atoms with E-state index in [1.54, 1.807) is 6.92 Å². The SMILES string of the molecule is CC(=O)c1ccc(S(=O)(=O)NCC(=O)OCC(=O)N[C@@H](C)c2ccccc2)cc1. The Morgan fingerprint density at radius 3 is 2.21 bits per heavy atom. The molecule has 154 valence electrons. The minimum absolute atomic E-state index is 0.0928. The Morgan fingerprint density at radius 1 is 1.00 bits per heavy atom. The van der Waals surface area contributed by atoms with Gasteiger partial charge in [0, 0.05) is 5.56 Å². The summed E-state index contributed by atoms with van der Waals surface area (Å²) in [6.07, 6.45) is 0. The summed E-state index contributed by atoms with van der Waals surface area (Å²) in [6.45, 7) is 2.01. The molecule has 0 saturated carbocycles. The van der Waals surface area contributed by atoms with E-state index in [-0.39, 0.29) is 16.7 Å². The summed E-state index contributed by atoms with van der Waals surface area (Å²) in [4.78, 5) is 34.8. The molecule has 0 aliphatic rings. The van der Waals surface area contributed by atoms with Crippen molar-refractivity contribution in [2.75, 3.05) is 13.2 Å². The van der Waals surface area contributed by atoms with Gasteiger partial charge in [-0.25, -0.2) is 8.42 Å². The average molecular weight is 418 g/mol. The van der Waals surface area contributed by atoms with Gasteiger partial charge in [0.15, 0.2) is 12.4 Å². The number of carbonyl (C=O) groups is 3. The Labute approximate surface area is 169 Å². The molecule has 0 bridgehead atoms. The molecular weight excluding hydrogens is 396 g/mol. The maximum atomic E-state index is 12.2. The molecule has 0 spiro atoms. The highest BCUT2D eigenvalue weighted by Gasteiger charge is 2.17. The van der Waals surface area contributed by atoms with E-state index in [1.165, 1.54) is 31.2 Å². The molecular formula is C20H22N2O6S. The van der Waals surface area contributed by atoms with E-state index in [2.05, 4.69) is 10.0 Å². The number of hydrogen-bond donors (Lipinski definition) is 2. The van der Waals surface area contributed by atoms with Crippen LogP contribution in [-0.4, -0.2) is 39.2 Å². The number of nitrogens with one attached hydrogen (secondary N) is 2. The van der Waals surface area contributed by atoms with Gasteiger partial charge in [-0.1, -0.05) is 42.5 Å². The number of benzene rings is 2. The fourth-order valence-electron chi connectivity index (χ4n) is 2.41. The quantitative estimate of drug-likeness (QED) is 0.472. The lowest BCUT2D eigenvalue weighted by Gasteiger charge is -2.14. The Hall–Kier alpha value is -3.04. The molecule has 0 unspecified atom stereocenters. The first-order valence-electron chi connectivity index (χ1n) is 8.79. The largest absolute Gasteiger partial charge is 0.455 e. The molecule has 0 aliphatic carbocycles. The standard InChI is InChI=1S/C20H22N2O6S/c1-14(16-6-4-3-5-7-16)22-19(24)13-28-20(25)12-21-29(26,27)18-10-8-17(9-11-18)15(2)23/h3-11,14,21H,12-13H2,1-2H3,(H,22,24)/t14-/m0/s1. The van der Waals surface area contributed by atoms with Crippen LogP contribution in [0.15, 0.2) is 59.5 Å². The predicted octanol–water partition coefficient (Wildman–Crippen LogP) is 1.59. The van der Waals surface area contributed by atoms with Gasteiger partial charge in [-0.3, -0.25) is 14.4 Å². The Balaban J connectivity index is 1.80. The highest BCUT2D eigenvalue weighted by Crippen LogP contribution is 2.11. The first-order chi connectivity index (χ1) is 13.7. The molecule has 29 heavy (non-hydrogen) atoms. The summed E-state index contributed by atoms with van der Waals surface area (Å²) in [5.41, 5.74) is 1.27.